The quantitative estimate of drug-likeness (QED) is 0.421. The van der Waals surface area contributed by atoms with E-state index in [9.17, 15) is 12.8 Å². The van der Waals surface area contributed by atoms with Crippen molar-refractivity contribution in [3.63, 3.8) is 0 Å². The highest BCUT2D eigenvalue weighted by Gasteiger charge is 2.26. The lowest BCUT2D eigenvalue weighted by atomic mass is 10.1. The van der Waals surface area contributed by atoms with E-state index in [1.54, 1.807) is 16.9 Å². The minimum absolute atomic E-state index is 0.273. The van der Waals surface area contributed by atoms with E-state index in [2.05, 4.69) is 29.3 Å². The van der Waals surface area contributed by atoms with Gasteiger partial charge in [0.05, 0.1) is 29.1 Å². The highest BCUT2D eigenvalue weighted by molar-refractivity contribution is 7.91. The molecule has 5 rings (SSSR count). The summed E-state index contributed by atoms with van der Waals surface area (Å²) in [7, 11) is 1.08. The molecule has 1 fully saturated rings. The van der Waals surface area contributed by atoms with E-state index in [4.69, 9.17) is 4.98 Å². The second-order valence-corrected chi connectivity index (χ2v) is 11.4. The molecule has 0 radical (unpaired) electrons. The lowest BCUT2D eigenvalue weighted by molar-refractivity contribution is 0.229. The molecule has 0 aliphatic carbocycles. The van der Waals surface area contributed by atoms with Crippen LogP contribution >= 0.6 is 0 Å². The molecule has 1 aliphatic rings. The minimum atomic E-state index is -2.87. The summed E-state index contributed by atoms with van der Waals surface area (Å²) in [4.78, 5) is 7.18. The number of halogens is 1. The predicted molar refractivity (Wildman–Crippen MR) is 131 cm³/mol. The lowest BCUT2D eigenvalue weighted by Crippen LogP contribution is -2.39. The van der Waals surface area contributed by atoms with Gasteiger partial charge < -0.3 is 4.90 Å². The molecule has 0 spiro atoms. The van der Waals surface area contributed by atoms with Crippen molar-refractivity contribution in [2.75, 3.05) is 25.1 Å². The fourth-order valence-corrected chi connectivity index (χ4v) is 6.17. The van der Waals surface area contributed by atoms with Crippen LogP contribution in [0.4, 0.5) is 4.39 Å². The van der Waals surface area contributed by atoms with Gasteiger partial charge in [-0.25, -0.2) is 17.8 Å². The second kappa shape index (κ2) is 8.96. The van der Waals surface area contributed by atoms with E-state index in [0.29, 0.717) is 18.5 Å². The highest BCUT2D eigenvalue weighted by Crippen LogP contribution is 2.28. The maximum absolute atomic E-state index is 13.8. The first-order valence-corrected chi connectivity index (χ1v) is 13.3. The van der Waals surface area contributed by atoms with Crippen molar-refractivity contribution in [1.82, 2.24) is 24.2 Å². The van der Waals surface area contributed by atoms with Gasteiger partial charge in [0, 0.05) is 43.0 Å². The van der Waals surface area contributed by atoms with Crippen LogP contribution < -0.4 is 0 Å². The molecule has 0 unspecified atom stereocenters. The van der Waals surface area contributed by atoms with Gasteiger partial charge in [0.25, 0.3) is 0 Å². The zero-order chi connectivity index (χ0) is 23.9. The first-order valence-electron chi connectivity index (χ1n) is 11.5. The Balaban J connectivity index is 1.46. The average Bonchev–Trinajstić information content (AvgIpc) is 3.40. The Hall–Kier alpha value is -3.04. The van der Waals surface area contributed by atoms with Crippen LogP contribution in [0.2, 0.25) is 0 Å². The number of benzene rings is 1. The van der Waals surface area contributed by atoms with Crippen LogP contribution in [0.5, 0.6) is 0 Å². The third kappa shape index (κ3) is 4.63. The number of aryl methyl sites for hydroxylation is 1. The monoisotopic (exact) mass is 481 g/mol. The third-order valence-electron chi connectivity index (χ3n) is 6.71. The van der Waals surface area contributed by atoms with Crippen LogP contribution in [0.15, 0.2) is 55.0 Å². The zero-order valence-electron chi connectivity index (χ0n) is 19.4. The molecule has 3 aromatic heterocycles. The van der Waals surface area contributed by atoms with E-state index in [1.807, 2.05) is 29.9 Å². The molecule has 1 saturated heterocycles. The summed E-state index contributed by atoms with van der Waals surface area (Å²) in [6, 6.07) is 10.7. The molecule has 34 heavy (non-hydrogen) atoms. The van der Waals surface area contributed by atoms with Gasteiger partial charge in [-0.1, -0.05) is 12.1 Å². The normalized spacial score (nSPS) is 16.5. The Morgan fingerprint density at radius 3 is 2.65 bits per heavy atom. The van der Waals surface area contributed by atoms with E-state index < -0.39 is 9.84 Å². The van der Waals surface area contributed by atoms with Crippen LogP contribution in [-0.2, 0) is 23.3 Å². The van der Waals surface area contributed by atoms with E-state index in [-0.39, 0.29) is 23.4 Å². The maximum atomic E-state index is 13.8. The molecule has 7 nitrogen and oxygen atoms in total. The molecule has 0 saturated carbocycles. The Labute approximate surface area is 198 Å². The molecule has 0 amide bonds. The average molecular weight is 482 g/mol. The number of hydrogen-bond donors (Lipinski definition) is 0. The summed E-state index contributed by atoms with van der Waals surface area (Å²) in [5, 5.41) is 5.35. The fourth-order valence-electron chi connectivity index (χ4n) is 4.70. The van der Waals surface area contributed by atoms with Crippen molar-refractivity contribution >= 4 is 20.9 Å². The molecular weight excluding hydrogens is 453 g/mol. The van der Waals surface area contributed by atoms with E-state index in [1.165, 1.54) is 12.1 Å². The van der Waals surface area contributed by atoms with Gasteiger partial charge in [0.2, 0.25) is 0 Å². The van der Waals surface area contributed by atoms with Crippen LogP contribution in [0.25, 0.3) is 28.0 Å². The van der Waals surface area contributed by atoms with Gasteiger partial charge in [-0.15, -0.1) is 0 Å². The number of sulfone groups is 1. The molecule has 9 heteroatoms. The maximum Gasteiger partial charge on any atom is 0.150 e. The zero-order valence-corrected chi connectivity index (χ0v) is 20.2. The molecule has 0 N–H and O–H groups in total. The van der Waals surface area contributed by atoms with Gasteiger partial charge in [-0.2, -0.15) is 5.10 Å². The van der Waals surface area contributed by atoms with Crippen LogP contribution in [0, 0.1) is 5.82 Å². The number of hydrogen-bond acceptors (Lipinski definition) is 5. The SMILES string of the molecule is CN(CCc1cn(-c2cnn(C)c2)c2nc(-c3cccc(F)c3)ccc12)C1CCS(=O)(=O)CC1. The standard InChI is InChI=1S/C25H28FN5O2S/c1-29(21-9-12-34(32,33)13-10-21)11-8-19-16-31(22-15-27-30(2)17-22)25-23(19)6-7-24(28-25)18-4-3-5-20(26)14-18/h3-7,14-17,21H,8-13H2,1-2H3. The van der Waals surface area contributed by atoms with Crippen molar-refractivity contribution in [2.45, 2.75) is 25.3 Å². The molecule has 1 aromatic carbocycles. The third-order valence-corrected chi connectivity index (χ3v) is 8.42. The van der Waals surface area contributed by atoms with Gasteiger partial charge in [0.15, 0.2) is 0 Å². The number of pyridine rings is 1. The summed E-state index contributed by atoms with van der Waals surface area (Å²) in [6.45, 7) is 0.822. The molecule has 1 aliphatic heterocycles. The Morgan fingerprint density at radius 1 is 1.15 bits per heavy atom. The molecule has 4 heterocycles. The van der Waals surface area contributed by atoms with E-state index in [0.717, 1.165) is 40.8 Å². The van der Waals surface area contributed by atoms with Crippen LogP contribution in [-0.4, -0.2) is 63.8 Å². The fraction of sp³-hybridized carbons (Fsp3) is 0.360. The van der Waals surface area contributed by atoms with Gasteiger partial charge in [-0.05, 0) is 56.1 Å². The second-order valence-electron chi connectivity index (χ2n) is 9.09. The molecule has 0 bridgehead atoms. The smallest absolute Gasteiger partial charge is 0.150 e. The Morgan fingerprint density at radius 2 is 1.94 bits per heavy atom. The Kier molecular flexibility index (Phi) is 5.99. The van der Waals surface area contributed by atoms with Crippen molar-refractivity contribution in [3.8, 4) is 16.9 Å². The Bertz CT molecular complexity index is 1430. The number of nitrogens with zero attached hydrogens (tertiary/aromatic N) is 5. The van der Waals surface area contributed by atoms with Crippen molar-refractivity contribution < 1.29 is 12.8 Å². The number of rotatable bonds is 6. The summed E-state index contributed by atoms with van der Waals surface area (Å²) in [5.74, 6) is 0.255. The van der Waals surface area contributed by atoms with Gasteiger partial charge in [-0.3, -0.25) is 9.25 Å². The van der Waals surface area contributed by atoms with Crippen molar-refractivity contribution in [3.05, 3.63) is 66.4 Å². The summed E-state index contributed by atoms with van der Waals surface area (Å²) >= 11 is 0. The predicted octanol–water partition coefficient (Wildman–Crippen LogP) is 3.62. The lowest BCUT2D eigenvalue weighted by Gasteiger charge is -2.31. The molecule has 4 aromatic rings. The number of aromatic nitrogens is 4. The highest BCUT2D eigenvalue weighted by atomic mass is 32.2. The summed E-state index contributed by atoms with van der Waals surface area (Å²) in [6.07, 6.45) is 8.03. The van der Waals surface area contributed by atoms with E-state index >= 15 is 0 Å². The number of fused-ring (bicyclic) bond motifs is 1. The molecular formula is C25H28FN5O2S. The largest absolute Gasteiger partial charge is 0.303 e. The van der Waals surface area contributed by atoms with Crippen molar-refractivity contribution in [2.24, 2.45) is 7.05 Å². The first-order chi connectivity index (χ1) is 16.3. The molecule has 0 atom stereocenters. The van der Waals surface area contributed by atoms with Crippen molar-refractivity contribution in [1.29, 1.82) is 0 Å². The number of likely N-dealkylation sites (N-methyl/N-ethyl adjacent to an activating group) is 1. The summed E-state index contributed by atoms with van der Waals surface area (Å²) < 4.78 is 41.1. The van der Waals surface area contributed by atoms with Gasteiger partial charge in [0.1, 0.15) is 21.3 Å². The summed E-state index contributed by atoms with van der Waals surface area (Å²) in [5.41, 5.74) is 4.31. The van der Waals surface area contributed by atoms with Gasteiger partial charge >= 0.3 is 0 Å². The topological polar surface area (TPSA) is 73.0 Å². The molecule has 178 valence electrons. The van der Waals surface area contributed by atoms with Crippen LogP contribution in [0.1, 0.15) is 18.4 Å². The first kappa shape index (κ1) is 22.7. The minimum Gasteiger partial charge on any atom is -0.303 e. The van der Waals surface area contributed by atoms with Crippen LogP contribution in [0.3, 0.4) is 0 Å².